The van der Waals surface area contributed by atoms with Crippen LogP contribution in [0.25, 0.3) is 0 Å². The number of rotatable bonds is 8. The summed E-state index contributed by atoms with van der Waals surface area (Å²) >= 11 is 0. The summed E-state index contributed by atoms with van der Waals surface area (Å²) in [5.74, 6) is 0.265. The number of hydrogen-bond donors (Lipinski definition) is 1. The summed E-state index contributed by atoms with van der Waals surface area (Å²) in [4.78, 5) is 13.1. The van der Waals surface area contributed by atoms with Gasteiger partial charge in [-0.3, -0.25) is 9.10 Å². The smallest absolute Gasteiger partial charge is 0.243 e. The van der Waals surface area contributed by atoms with Gasteiger partial charge >= 0.3 is 0 Å². The Hall–Kier alpha value is -2.58. The normalized spacial score (nSPS) is 16.9. The third-order valence-electron chi connectivity index (χ3n) is 5.85. The minimum Gasteiger partial charge on any atom is -0.497 e. The van der Waals surface area contributed by atoms with Gasteiger partial charge in [0.25, 0.3) is 0 Å². The van der Waals surface area contributed by atoms with Gasteiger partial charge in [-0.15, -0.1) is 0 Å². The fourth-order valence-electron chi connectivity index (χ4n) is 4.06. The Morgan fingerprint density at radius 3 is 2.29 bits per heavy atom. The molecular formula is C23H30N2O5S. The van der Waals surface area contributed by atoms with E-state index in [1.807, 2.05) is 18.2 Å². The second-order valence-electron chi connectivity index (χ2n) is 7.91. The number of carbonyl (C=O) groups excluding carboxylic acids is 1. The zero-order valence-corrected chi connectivity index (χ0v) is 19.0. The first kappa shape index (κ1) is 23.1. The summed E-state index contributed by atoms with van der Waals surface area (Å²) < 4.78 is 36.9. The average molecular weight is 447 g/mol. The number of methoxy groups -OCH3 is 1. The molecule has 2 aromatic carbocycles. The van der Waals surface area contributed by atoms with E-state index in [1.54, 1.807) is 31.2 Å². The van der Waals surface area contributed by atoms with E-state index in [1.165, 1.54) is 7.11 Å². The highest BCUT2D eigenvalue weighted by Crippen LogP contribution is 2.34. The summed E-state index contributed by atoms with van der Waals surface area (Å²) in [5, 5.41) is 3.01. The predicted octanol–water partition coefficient (Wildman–Crippen LogP) is 2.71. The Labute approximate surface area is 184 Å². The summed E-state index contributed by atoms with van der Waals surface area (Å²) in [6, 6.07) is 15.8. The second-order valence-corrected chi connectivity index (χ2v) is 9.77. The average Bonchev–Trinajstić information content (AvgIpc) is 2.78. The third-order valence-corrected chi connectivity index (χ3v) is 7.09. The Kier molecular flexibility index (Phi) is 7.23. The molecule has 0 radical (unpaired) electrons. The molecule has 168 valence electrons. The number of sulfonamides is 1. The molecule has 1 aliphatic heterocycles. The van der Waals surface area contributed by atoms with E-state index in [0.717, 1.165) is 29.0 Å². The van der Waals surface area contributed by atoms with Gasteiger partial charge in [0, 0.05) is 25.2 Å². The van der Waals surface area contributed by atoms with Crippen LogP contribution in [0.5, 0.6) is 5.75 Å². The first-order chi connectivity index (χ1) is 14.8. The number of hydrogen-bond acceptors (Lipinski definition) is 5. The molecule has 1 heterocycles. The summed E-state index contributed by atoms with van der Waals surface area (Å²) in [5.41, 5.74) is 1.33. The lowest BCUT2D eigenvalue weighted by molar-refractivity contribution is -0.122. The van der Waals surface area contributed by atoms with E-state index in [4.69, 9.17) is 9.47 Å². The number of amides is 1. The zero-order chi connectivity index (χ0) is 22.5. The van der Waals surface area contributed by atoms with Crippen LogP contribution in [0.2, 0.25) is 0 Å². The van der Waals surface area contributed by atoms with Gasteiger partial charge in [0.2, 0.25) is 15.9 Å². The van der Waals surface area contributed by atoms with Crippen molar-refractivity contribution >= 4 is 21.6 Å². The SMILES string of the molecule is COc1ccc(N(C(C)C(=O)NCC2(c3ccccc3)CCOCC2)S(C)(=O)=O)cc1. The molecule has 1 amide bonds. The van der Waals surface area contributed by atoms with E-state index in [-0.39, 0.29) is 11.3 Å². The highest BCUT2D eigenvalue weighted by atomic mass is 32.2. The lowest BCUT2D eigenvalue weighted by Gasteiger charge is -2.38. The highest BCUT2D eigenvalue weighted by molar-refractivity contribution is 7.92. The summed E-state index contributed by atoms with van der Waals surface area (Å²) in [7, 11) is -2.14. The van der Waals surface area contributed by atoms with Crippen molar-refractivity contribution < 1.29 is 22.7 Å². The third kappa shape index (κ3) is 5.37. The first-order valence-electron chi connectivity index (χ1n) is 10.3. The van der Waals surface area contributed by atoms with Gasteiger partial charge in [-0.25, -0.2) is 8.42 Å². The van der Waals surface area contributed by atoms with E-state index in [2.05, 4.69) is 17.4 Å². The van der Waals surface area contributed by atoms with Gasteiger partial charge in [-0.1, -0.05) is 30.3 Å². The fraction of sp³-hybridized carbons (Fsp3) is 0.435. The minimum atomic E-state index is -3.68. The van der Waals surface area contributed by atoms with Gasteiger partial charge in [0.1, 0.15) is 11.8 Å². The fourth-order valence-corrected chi connectivity index (χ4v) is 5.24. The summed E-state index contributed by atoms with van der Waals surface area (Å²) in [6.45, 7) is 3.27. The van der Waals surface area contributed by atoms with Crippen molar-refractivity contribution in [1.29, 1.82) is 0 Å². The van der Waals surface area contributed by atoms with Crippen molar-refractivity contribution in [2.75, 3.05) is 37.4 Å². The quantitative estimate of drug-likeness (QED) is 0.674. The molecule has 7 nitrogen and oxygen atoms in total. The van der Waals surface area contributed by atoms with Crippen molar-refractivity contribution in [2.45, 2.75) is 31.2 Å². The van der Waals surface area contributed by atoms with Crippen LogP contribution < -0.4 is 14.4 Å². The van der Waals surface area contributed by atoms with Gasteiger partial charge < -0.3 is 14.8 Å². The highest BCUT2D eigenvalue weighted by Gasteiger charge is 2.36. The van der Waals surface area contributed by atoms with Crippen molar-refractivity contribution in [3.63, 3.8) is 0 Å². The first-order valence-corrected chi connectivity index (χ1v) is 12.2. The molecule has 1 aliphatic rings. The maximum Gasteiger partial charge on any atom is 0.243 e. The molecule has 31 heavy (non-hydrogen) atoms. The van der Waals surface area contributed by atoms with Crippen LogP contribution in [0.1, 0.15) is 25.3 Å². The van der Waals surface area contributed by atoms with Crippen molar-refractivity contribution in [2.24, 2.45) is 0 Å². The van der Waals surface area contributed by atoms with Crippen LogP contribution >= 0.6 is 0 Å². The van der Waals surface area contributed by atoms with Gasteiger partial charge in [0.15, 0.2) is 0 Å². The number of nitrogens with one attached hydrogen (secondary N) is 1. The minimum absolute atomic E-state index is 0.231. The van der Waals surface area contributed by atoms with Gasteiger partial charge in [0.05, 0.1) is 19.1 Å². The monoisotopic (exact) mass is 446 g/mol. The molecule has 0 aromatic heterocycles. The molecule has 8 heteroatoms. The molecule has 0 spiro atoms. The largest absolute Gasteiger partial charge is 0.497 e. The predicted molar refractivity (Wildman–Crippen MR) is 121 cm³/mol. The Morgan fingerprint density at radius 1 is 1.13 bits per heavy atom. The number of ether oxygens (including phenoxy) is 2. The second kappa shape index (κ2) is 9.70. The van der Waals surface area contributed by atoms with E-state index >= 15 is 0 Å². The maximum absolute atomic E-state index is 13.1. The Bertz CT molecular complexity index is 971. The van der Waals surface area contributed by atoms with Crippen LogP contribution in [0.3, 0.4) is 0 Å². The van der Waals surface area contributed by atoms with E-state index in [9.17, 15) is 13.2 Å². The molecule has 3 rings (SSSR count). The van der Waals surface area contributed by atoms with Crippen LogP contribution in [0, 0.1) is 0 Å². The molecule has 2 aromatic rings. The molecule has 1 N–H and O–H groups in total. The number of anilines is 1. The van der Waals surface area contributed by atoms with Crippen molar-refractivity contribution in [3.05, 3.63) is 60.2 Å². The molecular weight excluding hydrogens is 416 g/mol. The number of benzene rings is 2. The van der Waals surface area contributed by atoms with Gasteiger partial charge in [-0.05, 0) is 49.6 Å². The molecule has 1 fully saturated rings. The van der Waals surface area contributed by atoms with Crippen LogP contribution in [-0.2, 0) is 25.0 Å². The lowest BCUT2D eigenvalue weighted by Crippen LogP contribution is -2.51. The van der Waals surface area contributed by atoms with E-state index in [0.29, 0.717) is 31.2 Å². The lowest BCUT2D eigenvalue weighted by atomic mass is 9.74. The maximum atomic E-state index is 13.1. The summed E-state index contributed by atoms with van der Waals surface area (Å²) in [6.07, 6.45) is 2.69. The Morgan fingerprint density at radius 2 is 1.74 bits per heavy atom. The molecule has 0 saturated carbocycles. The van der Waals surface area contributed by atoms with Gasteiger partial charge in [-0.2, -0.15) is 0 Å². The Balaban J connectivity index is 1.79. The van der Waals surface area contributed by atoms with Crippen molar-refractivity contribution in [1.82, 2.24) is 5.32 Å². The molecule has 1 unspecified atom stereocenters. The van der Waals surface area contributed by atoms with Crippen molar-refractivity contribution in [3.8, 4) is 5.75 Å². The molecule has 0 aliphatic carbocycles. The molecule has 1 saturated heterocycles. The molecule has 0 bridgehead atoms. The van der Waals surface area contributed by atoms with Crippen LogP contribution in [0.4, 0.5) is 5.69 Å². The number of carbonyl (C=O) groups is 1. The molecule has 1 atom stereocenters. The standard InChI is InChI=1S/C23H30N2O5S/c1-18(25(31(3,27)28)20-9-11-21(29-2)12-10-20)22(26)24-17-23(13-15-30-16-14-23)19-7-5-4-6-8-19/h4-12,18H,13-17H2,1-3H3,(H,24,26). The van der Waals surface area contributed by atoms with E-state index < -0.39 is 16.1 Å². The topological polar surface area (TPSA) is 84.9 Å². The number of nitrogens with zero attached hydrogens (tertiary/aromatic N) is 1. The van der Waals surface area contributed by atoms with Crippen LogP contribution in [-0.4, -0.2) is 53.5 Å². The zero-order valence-electron chi connectivity index (χ0n) is 18.2. The van der Waals surface area contributed by atoms with Crippen LogP contribution in [0.15, 0.2) is 54.6 Å².